The van der Waals surface area contributed by atoms with Crippen molar-refractivity contribution in [2.24, 2.45) is 5.84 Å². The topological polar surface area (TPSA) is 51.2 Å². The summed E-state index contributed by atoms with van der Waals surface area (Å²) in [4.78, 5) is 0. The molecule has 0 amide bonds. The largest absolute Gasteiger partial charge is 0.464 e. The van der Waals surface area contributed by atoms with Crippen LogP contribution in [0.4, 0.5) is 4.39 Å². The second-order valence-corrected chi connectivity index (χ2v) is 4.65. The number of hydrogen-bond donors (Lipinski definition) is 2. The van der Waals surface area contributed by atoms with E-state index in [1.165, 1.54) is 12.1 Å². The van der Waals surface area contributed by atoms with Gasteiger partial charge in [0.05, 0.1) is 6.04 Å². The second-order valence-electron chi connectivity index (χ2n) is 4.65. The number of benzene rings is 1. The van der Waals surface area contributed by atoms with Gasteiger partial charge in [0.25, 0.3) is 0 Å². The Morgan fingerprint density at radius 3 is 2.68 bits per heavy atom. The Kier molecular flexibility index (Phi) is 4.35. The van der Waals surface area contributed by atoms with E-state index in [1.807, 2.05) is 26.0 Å². The number of furan rings is 1. The third kappa shape index (κ3) is 3.22. The minimum Gasteiger partial charge on any atom is -0.464 e. The van der Waals surface area contributed by atoms with Crippen LogP contribution in [0.3, 0.4) is 0 Å². The number of nitrogens with one attached hydrogen (secondary N) is 1. The first-order chi connectivity index (χ1) is 9.13. The Bertz CT molecular complexity index is 551. The second kappa shape index (κ2) is 5.99. The number of hydrogen-bond acceptors (Lipinski definition) is 3. The van der Waals surface area contributed by atoms with Gasteiger partial charge in [0.15, 0.2) is 0 Å². The highest BCUT2D eigenvalue weighted by Gasteiger charge is 2.15. The van der Waals surface area contributed by atoms with E-state index < -0.39 is 0 Å². The highest BCUT2D eigenvalue weighted by Crippen LogP contribution is 2.22. The van der Waals surface area contributed by atoms with Crippen molar-refractivity contribution in [2.75, 3.05) is 0 Å². The molecule has 1 aromatic carbocycles. The van der Waals surface area contributed by atoms with Crippen LogP contribution in [-0.4, -0.2) is 0 Å². The molecule has 0 aliphatic carbocycles. The average Bonchev–Trinajstić information content (AvgIpc) is 2.86. The molecule has 102 valence electrons. The maximum Gasteiger partial charge on any atom is 0.123 e. The maximum absolute atomic E-state index is 13.1. The van der Waals surface area contributed by atoms with E-state index >= 15 is 0 Å². The smallest absolute Gasteiger partial charge is 0.123 e. The molecule has 0 saturated heterocycles. The van der Waals surface area contributed by atoms with Crippen LogP contribution in [0.2, 0.25) is 0 Å². The van der Waals surface area contributed by atoms with E-state index in [0.29, 0.717) is 6.42 Å². The molecular formula is C15H19FN2O. The Hall–Kier alpha value is -1.65. The van der Waals surface area contributed by atoms with Crippen molar-refractivity contribution in [3.63, 3.8) is 0 Å². The third-order valence-corrected chi connectivity index (χ3v) is 3.30. The lowest BCUT2D eigenvalue weighted by molar-refractivity contribution is 0.396. The molecule has 19 heavy (non-hydrogen) atoms. The summed E-state index contributed by atoms with van der Waals surface area (Å²) in [6.07, 6.45) is 1.52. The van der Waals surface area contributed by atoms with Gasteiger partial charge in [-0.3, -0.25) is 5.84 Å². The van der Waals surface area contributed by atoms with Crippen LogP contribution in [0, 0.1) is 12.7 Å². The van der Waals surface area contributed by atoms with E-state index in [4.69, 9.17) is 10.3 Å². The molecule has 0 spiro atoms. The summed E-state index contributed by atoms with van der Waals surface area (Å²) in [6.45, 7) is 3.93. The Balaban J connectivity index is 2.18. The molecule has 0 aliphatic rings. The highest BCUT2D eigenvalue weighted by atomic mass is 19.1. The number of rotatable bonds is 5. The molecular weight excluding hydrogens is 243 g/mol. The summed E-state index contributed by atoms with van der Waals surface area (Å²) < 4.78 is 18.8. The molecule has 0 fully saturated rings. The summed E-state index contributed by atoms with van der Waals surface area (Å²) in [6, 6.07) is 8.57. The molecule has 0 aliphatic heterocycles. The fourth-order valence-electron chi connectivity index (χ4n) is 2.12. The molecule has 4 heteroatoms. The molecule has 0 radical (unpaired) electrons. The van der Waals surface area contributed by atoms with Gasteiger partial charge in [-0.2, -0.15) is 0 Å². The van der Waals surface area contributed by atoms with E-state index in [2.05, 4.69) is 5.43 Å². The molecule has 3 N–H and O–H groups in total. The molecule has 0 bridgehead atoms. The fraction of sp³-hybridized carbons (Fsp3) is 0.333. The van der Waals surface area contributed by atoms with Gasteiger partial charge in [-0.15, -0.1) is 0 Å². The SMILES string of the molecule is CCc1ccc(C(Cc2ccc(F)cc2C)NN)o1. The summed E-state index contributed by atoms with van der Waals surface area (Å²) in [5, 5.41) is 0. The van der Waals surface area contributed by atoms with Gasteiger partial charge in [-0.1, -0.05) is 13.0 Å². The van der Waals surface area contributed by atoms with Gasteiger partial charge >= 0.3 is 0 Å². The monoisotopic (exact) mass is 262 g/mol. The fourth-order valence-corrected chi connectivity index (χ4v) is 2.12. The van der Waals surface area contributed by atoms with Gasteiger partial charge in [0, 0.05) is 6.42 Å². The molecule has 1 aromatic heterocycles. The quantitative estimate of drug-likeness (QED) is 0.643. The van der Waals surface area contributed by atoms with Gasteiger partial charge in [0.2, 0.25) is 0 Å². The normalized spacial score (nSPS) is 12.6. The number of nitrogens with two attached hydrogens (primary N) is 1. The first-order valence-electron chi connectivity index (χ1n) is 6.43. The molecule has 3 nitrogen and oxygen atoms in total. The van der Waals surface area contributed by atoms with Gasteiger partial charge in [0.1, 0.15) is 17.3 Å². The average molecular weight is 262 g/mol. The Morgan fingerprint density at radius 2 is 2.11 bits per heavy atom. The van der Waals surface area contributed by atoms with Crippen molar-refractivity contribution in [1.29, 1.82) is 0 Å². The van der Waals surface area contributed by atoms with Gasteiger partial charge < -0.3 is 4.42 Å². The summed E-state index contributed by atoms with van der Waals surface area (Å²) in [5.74, 6) is 7.13. The van der Waals surface area contributed by atoms with Crippen molar-refractivity contribution in [2.45, 2.75) is 32.7 Å². The summed E-state index contributed by atoms with van der Waals surface area (Å²) in [7, 11) is 0. The molecule has 1 heterocycles. The highest BCUT2D eigenvalue weighted by molar-refractivity contribution is 5.28. The zero-order chi connectivity index (χ0) is 13.8. The minimum absolute atomic E-state index is 0.107. The van der Waals surface area contributed by atoms with Crippen LogP contribution in [0.25, 0.3) is 0 Å². The third-order valence-electron chi connectivity index (χ3n) is 3.30. The lowest BCUT2D eigenvalue weighted by Crippen LogP contribution is -2.29. The summed E-state index contributed by atoms with van der Waals surface area (Å²) >= 11 is 0. The zero-order valence-corrected chi connectivity index (χ0v) is 11.2. The minimum atomic E-state index is -0.218. The van der Waals surface area contributed by atoms with Crippen molar-refractivity contribution in [3.05, 3.63) is 58.8 Å². The van der Waals surface area contributed by atoms with Gasteiger partial charge in [-0.25, -0.2) is 9.82 Å². The predicted molar refractivity (Wildman–Crippen MR) is 73.0 cm³/mol. The predicted octanol–water partition coefficient (Wildman–Crippen LogP) is 3.04. The lowest BCUT2D eigenvalue weighted by Gasteiger charge is -2.15. The van der Waals surface area contributed by atoms with Crippen LogP contribution >= 0.6 is 0 Å². The number of aryl methyl sites for hydroxylation is 2. The number of hydrazine groups is 1. The van der Waals surface area contributed by atoms with E-state index in [1.54, 1.807) is 6.07 Å². The van der Waals surface area contributed by atoms with Crippen LogP contribution < -0.4 is 11.3 Å². The Labute approximate surface area is 112 Å². The maximum atomic E-state index is 13.1. The van der Waals surface area contributed by atoms with Gasteiger partial charge in [-0.05, 0) is 48.7 Å². The lowest BCUT2D eigenvalue weighted by atomic mass is 10.00. The van der Waals surface area contributed by atoms with Crippen molar-refractivity contribution < 1.29 is 8.81 Å². The molecule has 2 rings (SSSR count). The van der Waals surface area contributed by atoms with E-state index in [9.17, 15) is 4.39 Å². The first kappa shape index (κ1) is 13.8. The van der Waals surface area contributed by atoms with Crippen molar-refractivity contribution in [1.82, 2.24) is 5.43 Å². The van der Waals surface area contributed by atoms with Crippen molar-refractivity contribution in [3.8, 4) is 0 Å². The Morgan fingerprint density at radius 1 is 1.32 bits per heavy atom. The molecule has 1 atom stereocenters. The summed E-state index contributed by atoms with van der Waals surface area (Å²) in [5.41, 5.74) is 4.73. The standard InChI is InChI=1S/C15H19FN2O/c1-3-13-6-7-15(19-13)14(18-17)9-11-4-5-12(16)8-10(11)2/h4-8,14,18H,3,9,17H2,1-2H3. The first-order valence-corrected chi connectivity index (χ1v) is 6.43. The number of halogens is 1. The van der Waals surface area contributed by atoms with Crippen LogP contribution in [0.5, 0.6) is 0 Å². The zero-order valence-electron chi connectivity index (χ0n) is 11.2. The van der Waals surface area contributed by atoms with E-state index in [0.717, 1.165) is 29.1 Å². The van der Waals surface area contributed by atoms with Crippen molar-refractivity contribution >= 4 is 0 Å². The van der Waals surface area contributed by atoms with Crippen LogP contribution in [0.1, 0.15) is 35.6 Å². The molecule has 0 saturated carbocycles. The van der Waals surface area contributed by atoms with Crippen LogP contribution in [0.15, 0.2) is 34.7 Å². The van der Waals surface area contributed by atoms with Crippen LogP contribution in [-0.2, 0) is 12.8 Å². The molecule has 2 aromatic rings. The van der Waals surface area contributed by atoms with E-state index in [-0.39, 0.29) is 11.9 Å². The molecule has 1 unspecified atom stereocenters.